The molecule has 3 N–H and O–H groups in total. The molecule has 2 aromatic heterocycles. The molecule has 1 aliphatic carbocycles. The molecule has 0 aromatic carbocycles. The first-order chi connectivity index (χ1) is 21.2. The zero-order chi connectivity index (χ0) is 32.9. The van der Waals surface area contributed by atoms with E-state index in [9.17, 15) is 45.1 Å². The number of halogens is 7. The number of rotatable bonds is 11. The Bertz CT molecular complexity index is 1350. The van der Waals surface area contributed by atoms with Gasteiger partial charge in [0, 0.05) is 13.3 Å². The number of pyridine rings is 1. The normalized spacial score (nSPS) is 22.0. The molecule has 248 valence electrons. The van der Waals surface area contributed by atoms with Gasteiger partial charge in [0.25, 0.3) is 11.8 Å². The third-order valence-electron chi connectivity index (χ3n) is 7.24. The minimum Gasteiger partial charge on any atom is -0.464 e. The van der Waals surface area contributed by atoms with Crippen molar-refractivity contribution in [2.24, 2.45) is 5.92 Å². The van der Waals surface area contributed by atoms with Crippen molar-refractivity contribution < 1.29 is 59.2 Å². The zero-order valence-corrected chi connectivity index (χ0v) is 23.5. The number of aromatic nitrogens is 3. The zero-order valence-electron chi connectivity index (χ0n) is 23.5. The van der Waals surface area contributed by atoms with E-state index in [2.05, 4.69) is 35.3 Å². The standard InChI is InChI=1S/C25H28F7N7O6/c1-43-10-15(39-9-16(25(30,31)32)34-23(39)42)13-6-7-33-17(8-13)35-20(40)18(12-2-4-14(26)5-3-12)36-21(41)19-22(38-45-37-19)44-11-24(27,28)29/h6-8,12,14-16,18H,2-5,9-11H2,1H3,(H,34,42)(H,36,41)(H,33,35,40)/t12?,14?,15-,16+,18?/m1/s1. The molecule has 0 spiro atoms. The molecule has 1 saturated carbocycles. The molecule has 2 aliphatic rings. The number of ether oxygens (including phenoxy) is 2. The first kappa shape index (κ1) is 33.7. The summed E-state index contributed by atoms with van der Waals surface area (Å²) in [6.07, 6.45) is -8.84. The Morgan fingerprint density at radius 3 is 2.49 bits per heavy atom. The predicted molar refractivity (Wildman–Crippen MR) is 137 cm³/mol. The molecule has 4 rings (SSSR count). The van der Waals surface area contributed by atoms with Crippen molar-refractivity contribution in [1.29, 1.82) is 0 Å². The number of anilines is 1. The SMILES string of the molecule is COC[C@H](c1ccnc(NC(=O)C(NC(=O)c2nonc2OCC(F)(F)F)C2CCC(F)CC2)c1)N1C[C@@H](C(F)(F)F)NC1=O. The second-order valence-corrected chi connectivity index (χ2v) is 10.4. The van der Waals surface area contributed by atoms with Crippen LogP contribution in [0.25, 0.3) is 0 Å². The van der Waals surface area contributed by atoms with Gasteiger partial charge in [0.15, 0.2) is 6.61 Å². The van der Waals surface area contributed by atoms with E-state index in [1.807, 2.05) is 5.32 Å². The monoisotopic (exact) mass is 655 g/mol. The molecule has 13 nitrogen and oxygen atoms in total. The summed E-state index contributed by atoms with van der Waals surface area (Å²) in [5.74, 6) is -3.59. The molecule has 1 aliphatic heterocycles. The number of urea groups is 1. The first-order valence-electron chi connectivity index (χ1n) is 13.5. The number of hydrogen-bond acceptors (Lipinski definition) is 9. The summed E-state index contributed by atoms with van der Waals surface area (Å²) in [5.41, 5.74) is -0.501. The molecule has 1 saturated heterocycles. The molecule has 45 heavy (non-hydrogen) atoms. The van der Waals surface area contributed by atoms with Gasteiger partial charge >= 0.3 is 18.4 Å². The minimum atomic E-state index is -4.76. The smallest absolute Gasteiger partial charge is 0.422 e. The second-order valence-electron chi connectivity index (χ2n) is 10.4. The highest BCUT2D eigenvalue weighted by atomic mass is 19.4. The van der Waals surface area contributed by atoms with Crippen molar-refractivity contribution in [3.8, 4) is 5.88 Å². The van der Waals surface area contributed by atoms with Crippen LogP contribution in [0.1, 0.15) is 47.8 Å². The number of alkyl halides is 7. The highest BCUT2D eigenvalue weighted by Gasteiger charge is 2.48. The number of hydrogen-bond donors (Lipinski definition) is 3. The molecule has 0 bridgehead atoms. The fourth-order valence-electron chi connectivity index (χ4n) is 5.04. The van der Waals surface area contributed by atoms with Crippen LogP contribution in [0.3, 0.4) is 0 Å². The van der Waals surface area contributed by atoms with Crippen LogP contribution in [0.5, 0.6) is 5.88 Å². The van der Waals surface area contributed by atoms with Gasteiger partial charge in [-0.05, 0) is 59.6 Å². The van der Waals surface area contributed by atoms with Crippen LogP contribution in [-0.4, -0.2) is 95.5 Å². The number of carbonyl (C=O) groups is 3. The van der Waals surface area contributed by atoms with E-state index in [0.717, 1.165) is 4.90 Å². The highest BCUT2D eigenvalue weighted by Crippen LogP contribution is 2.32. The minimum absolute atomic E-state index is 0.0824. The number of nitrogens with zero attached hydrogens (tertiary/aromatic N) is 4. The fraction of sp³-hybridized carbons (Fsp3) is 0.600. The second kappa shape index (κ2) is 13.8. The van der Waals surface area contributed by atoms with Crippen molar-refractivity contribution in [1.82, 2.24) is 30.8 Å². The Kier molecular flexibility index (Phi) is 10.3. The molecule has 4 amide bonds. The van der Waals surface area contributed by atoms with Gasteiger partial charge in [-0.1, -0.05) is 0 Å². The Balaban J connectivity index is 1.53. The van der Waals surface area contributed by atoms with Crippen LogP contribution in [-0.2, 0) is 9.53 Å². The van der Waals surface area contributed by atoms with Crippen molar-refractivity contribution in [3.05, 3.63) is 29.6 Å². The van der Waals surface area contributed by atoms with Gasteiger partial charge in [-0.15, -0.1) is 0 Å². The van der Waals surface area contributed by atoms with Crippen molar-refractivity contribution in [2.45, 2.75) is 62.3 Å². The van der Waals surface area contributed by atoms with E-state index in [1.165, 1.54) is 25.4 Å². The molecular weight excluding hydrogens is 627 g/mol. The Morgan fingerprint density at radius 1 is 1.16 bits per heavy atom. The molecular formula is C25H28F7N7O6. The van der Waals surface area contributed by atoms with Gasteiger partial charge in [0.2, 0.25) is 11.6 Å². The number of methoxy groups -OCH3 is 1. The molecule has 20 heteroatoms. The highest BCUT2D eigenvalue weighted by molar-refractivity contribution is 6.01. The van der Waals surface area contributed by atoms with E-state index >= 15 is 0 Å². The van der Waals surface area contributed by atoms with Crippen molar-refractivity contribution in [3.63, 3.8) is 0 Å². The van der Waals surface area contributed by atoms with Crippen LogP contribution in [0.2, 0.25) is 0 Å². The lowest BCUT2D eigenvalue weighted by Gasteiger charge is -2.31. The lowest BCUT2D eigenvalue weighted by atomic mass is 9.82. The van der Waals surface area contributed by atoms with Crippen LogP contribution in [0.15, 0.2) is 23.0 Å². The van der Waals surface area contributed by atoms with E-state index in [4.69, 9.17) is 4.74 Å². The third-order valence-corrected chi connectivity index (χ3v) is 7.24. The molecule has 2 aromatic rings. The van der Waals surface area contributed by atoms with Gasteiger partial charge in [-0.25, -0.2) is 18.8 Å². The van der Waals surface area contributed by atoms with Gasteiger partial charge < -0.3 is 30.3 Å². The van der Waals surface area contributed by atoms with Gasteiger partial charge in [-0.2, -0.15) is 26.3 Å². The predicted octanol–water partition coefficient (Wildman–Crippen LogP) is 3.31. The number of nitrogens with one attached hydrogen (secondary N) is 3. The summed E-state index contributed by atoms with van der Waals surface area (Å²) in [5, 5.41) is 13.2. The maximum atomic E-state index is 13.9. The van der Waals surface area contributed by atoms with Gasteiger partial charge in [0.1, 0.15) is 24.1 Å². The molecule has 3 heterocycles. The molecule has 2 fully saturated rings. The summed E-state index contributed by atoms with van der Waals surface area (Å²) in [6.45, 7) is -2.70. The largest absolute Gasteiger partial charge is 0.464 e. The van der Waals surface area contributed by atoms with E-state index < -0.39 is 85.1 Å². The van der Waals surface area contributed by atoms with Crippen molar-refractivity contribution >= 4 is 23.7 Å². The van der Waals surface area contributed by atoms with Crippen LogP contribution < -0.4 is 20.7 Å². The maximum absolute atomic E-state index is 13.9. The number of carbonyl (C=O) groups excluding carboxylic acids is 3. The Hall–Kier alpha value is -4.23. The average Bonchev–Trinajstić information content (AvgIpc) is 3.60. The average molecular weight is 656 g/mol. The lowest BCUT2D eigenvalue weighted by Crippen LogP contribution is -2.49. The van der Waals surface area contributed by atoms with Crippen LogP contribution in [0, 0.1) is 5.92 Å². The quantitative estimate of drug-likeness (QED) is 0.309. The van der Waals surface area contributed by atoms with Gasteiger partial charge in [-0.3, -0.25) is 9.59 Å². The number of amides is 4. The van der Waals surface area contributed by atoms with Crippen LogP contribution in [0.4, 0.5) is 41.3 Å². The van der Waals surface area contributed by atoms with E-state index in [-0.39, 0.29) is 43.7 Å². The van der Waals surface area contributed by atoms with Gasteiger partial charge in [0.05, 0.1) is 19.2 Å². The molecule has 1 unspecified atom stereocenters. The summed E-state index contributed by atoms with van der Waals surface area (Å²) in [6, 6.07) is -2.74. The van der Waals surface area contributed by atoms with Crippen molar-refractivity contribution in [2.75, 3.05) is 32.2 Å². The Morgan fingerprint density at radius 2 is 1.87 bits per heavy atom. The fourth-order valence-corrected chi connectivity index (χ4v) is 5.04. The lowest BCUT2D eigenvalue weighted by molar-refractivity contribution is -0.154. The third kappa shape index (κ3) is 8.70. The Labute approximate surface area is 250 Å². The molecule has 0 radical (unpaired) electrons. The maximum Gasteiger partial charge on any atom is 0.422 e. The van der Waals surface area contributed by atoms with E-state index in [0.29, 0.717) is 0 Å². The van der Waals surface area contributed by atoms with E-state index in [1.54, 1.807) is 0 Å². The summed E-state index contributed by atoms with van der Waals surface area (Å²) in [4.78, 5) is 43.9. The summed E-state index contributed by atoms with van der Waals surface area (Å²) >= 11 is 0. The summed E-state index contributed by atoms with van der Waals surface area (Å²) in [7, 11) is 1.29. The molecule has 3 atom stereocenters. The summed E-state index contributed by atoms with van der Waals surface area (Å²) < 4.78 is 105. The topological polar surface area (TPSA) is 161 Å². The van der Waals surface area contributed by atoms with Crippen LogP contribution >= 0.6 is 0 Å². The first-order valence-corrected chi connectivity index (χ1v) is 13.5.